The Labute approximate surface area is 120 Å². The molecule has 0 rings (SSSR count). The Morgan fingerprint density at radius 1 is 0.684 bits per heavy atom. The van der Waals surface area contributed by atoms with E-state index >= 15 is 0 Å². The zero-order chi connectivity index (χ0) is 14.5. The Hall–Kier alpha value is -0.0800. The van der Waals surface area contributed by atoms with Crippen molar-refractivity contribution in [2.45, 2.75) is 104 Å². The third-order valence-electron chi connectivity index (χ3n) is 4.28. The van der Waals surface area contributed by atoms with E-state index in [1.807, 2.05) is 0 Å². The van der Waals surface area contributed by atoms with E-state index < -0.39 is 12.2 Å². The van der Waals surface area contributed by atoms with Gasteiger partial charge in [0, 0.05) is 0 Å². The van der Waals surface area contributed by atoms with Crippen molar-refractivity contribution in [2.75, 3.05) is 0 Å². The van der Waals surface area contributed by atoms with Crippen LogP contribution in [0.1, 0.15) is 91.4 Å². The topological polar surface area (TPSA) is 40.5 Å². The van der Waals surface area contributed by atoms with Crippen LogP contribution in [0.5, 0.6) is 0 Å². The zero-order valence-corrected chi connectivity index (χ0v) is 13.4. The molecule has 2 unspecified atom stereocenters. The summed E-state index contributed by atoms with van der Waals surface area (Å²) in [6.07, 6.45) is 11.8. The molecule has 116 valence electrons. The lowest BCUT2D eigenvalue weighted by Crippen LogP contribution is -2.32. The van der Waals surface area contributed by atoms with Crippen molar-refractivity contribution < 1.29 is 10.2 Å². The van der Waals surface area contributed by atoms with Gasteiger partial charge in [-0.25, -0.2) is 0 Å². The van der Waals surface area contributed by atoms with Crippen LogP contribution in [0.4, 0.5) is 0 Å². The van der Waals surface area contributed by atoms with E-state index in [4.69, 9.17) is 0 Å². The van der Waals surface area contributed by atoms with Crippen LogP contribution in [0, 0.1) is 5.92 Å². The quantitative estimate of drug-likeness (QED) is 0.478. The first-order valence-electron chi connectivity index (χ1n) is 8.53. The van der Waals surface area contributed by atoms with Gasteiger partial charge in [-0.2, -0.15) is 0 Å². The molecule has 0 aromatic heterocycles. The minimum Gasteiger partial charge on any atom is -0.390 e. The fourth-order valence-corrected chi connectivity index (χ4v) is 2.74. The summed E-state index contributed by atoms with van der Waals surface area (Å²) < 4.78 is 0. The van der Waals surface area contributed by atoms with Crippen molar-refractivity contribution in [3.8, 4) is 0 Å². The maximum atomic E-state index is 10.0. The molecule has 0 radical (unpaired) electrons. The van der Waals surface area contributed by atoms with Crippen molar-refractivity contribution in [1.29, 1.82) is 0 Å². The highest BCUT2D eigenvalue weighted by atomic mass is 16.3. The SMILES string of the molecule is CCCCCCCCCCC(O)C(O)C(CC)CC. The molecule has 0 spiro atoms. The second-order valence-corrected chi connectivity index (χ2v) is 5.90. The Balaban J connectivity index is 3.49. The molecule has 2 N–H and O–H groups in total. The molecule has 2 atom stereocenters. The molecule has 2 nitrogen and oxygen atoms in total. The minimum atomic E-state index is -0.528. The average Bonchev–Trinajstić information content (AvgIpc) is 2.42. The third-order valence-corrected chi connectivity index (χ3v) is 4.28. The van der Waals surface area contributed by atoms with Crippen LogP contribution in [-0.2, 0) is 0 Å². The molecule has 0 aliphatic heterocycles. The van der Waals surface area contributed by atoms with Gasteiger partial charge in [0.2, 0.25) is 0 Å². The van der Waals surface area contributed by atoms with E-state index in [2.05, 4.69) is 20.8 Å². The summed E-state index contributed by atoms with van der Waals surface area (Å²) in [4.78, 5) is 0. The van der Waals surface area contributed by atoms with Gasteiger partial charge in [-0.1, -0.05) is 85.0 Å². The molecule has 0 saturated carbocycles. The highest BCUT2D eigenvalue weighted by molar-refractivity contribution is 4.74. The molecular weight excluding hydrogens is 236 g/mol. The van der Waals surface area contributed by atoms with Gasteiger partial charge in [0.25, 0.3) is 0 Å². The highest BCUT2D eigenvalue weighted by Gasteiger charge is 2.22. The van der Waals surface area contributed by atoms with Crippen LogP contribution in [0.25, 0.3) is 0 Å². The maximum Gasteiger partial charge on any atom is 0.0826 e. The summed E-state index contributed by atoms with van der Waals surface area (Å²) in [5, 5.41) is 20.0. The largest absolute Gasteiger partial charge is 0.390 e. The Morgan fingerprint density at radius 2 is 1.16 bits per heavy atom. The number of hydrogen-bond acceptors (Lipinski definition) is 2. The Kier molecular flexibility index (Phi) is 12.9. The monoisotopic (exact) mass is 272 g/mol. The maximum absolute atomic E-state index is 10.0. The third kappa shape index (κ3) is 9.45. The predicted octanol–water partition coefficient (Wildman–Crippen LogP) is 4.68. The number of hydrogen-bond donors (Lipinski definition) is 2. The van der Waals surface area contributed by atoms with Gasteiger partial charge in [0.05, 0.1) is 12.2 Å². The average molecular weight is 272 g/mol. The Morgan fingerprint density at radius 3 is 1.63 bits per heavy atom. The minimum absolute atomic E-state index is 0.254. The van der Waals surface area contributed by atoms with Crippen LogP contribution in [0.15, 0.2) is 0 Å². The molecular formula is C17H36O2. The van der Waals surface area contributed by atoms with Crippen molar-refractivity contribution in [1.82, 2.24) is 0 Å². The Bertz CT molecular complexity index is 178. The fourth-order valence-electron chi connectivity index (χ4n) is 2.74. The summed E-state index contributed by atoms with van der Waals surface area (Å²) in [6.45, 7) is 6.41. The molecule has 0 heterocycles. The molecule has 0 aliphatic rings. The predicted molar refractivity (Wildman–Crippen MR) is 83.3 cm³/mol. The molecule has 0 saturated heterocycles. The van der Waals surface area contributed by atoms with Crippen molar-refractivity contribution in [2.24, 2.45) is 5.92 Å². The first-order valence-corrected chi connectivity index (χ1v) is 8.53. The van der Waals surface area contributed by atoms with Crippen LogP contribution in [0.3, 0.4) is 0 Å². The molecule has 2 heteroatoms. The summed E-state index contributed by atoms with van der Waals surface area (Å²) in [6, 6.07) is 0. The molecule has 0 aliphatic carbocycles. The molecule has 0 amide bonds. The fraction of sp³-hybridized carbons (Fsp3) is 1.00. The van der Waals surface area contributed by atoms with Crippen molar-refractivity contribution in [3.05, 3.63) is 0 Å². The van der Waals surface area contributed by atoms with Gasteiger partial charge in [0.15, 0.2) is 0 Å². The van der Waals surface area contributed by atoms with Crippen LogP contribution in [0.2, 0.25) is 0 Å². The van der Waals surface area contributed by atoms with Gasteiger partial charge >= 0.3 is 0 Å². The second kappa shape index (κ2) is 12.9. The van der Waals surface area contributed by atoms with E-state index in [-0.39, 0.29) is 5.92 Å². The molecule has 0 fully saturated rings. The van der Waals surface area contributed by atoms with Crippen LogP contribution in [-0.4, -0.2) is 22.4 Å². The zero-order valence-electron chi connectivity index (χ0n) is 13.4. The summed E-state index contributed by atoms with van der Waals surface area (Å²) >= 11 is 0. The normalized spacial score (nSPS) is 14.8. The lowest BCUT2D eigenvalue weighted by atomic mass is 9.90. The van der Waals surface area contributed by atoms with E-state index in [9.17, 15) is 10.2 Å². The highest BCUT2D eigenvalue weighted by Crippen LogP contribution is 2.19. The van der Waals surface area contributed by atoms with Gasteiger partial charge in [-0.3, -0.25) is 0 Å². The summed E-state index contributed by atoms with van der Waals surface area (Å²) in [5.74, 6) is 0.254. The van der Waals surface area contributed by atoms with Crippen LogP contribution < -0.4 is 0 Å². The van der Waals surface area contributed by atoms with Gasteiger partial charge < -0.3 is 10.2 Å². The second-order valence-electron chi connectivity index (χ2n) is 5.90. The number of aliphatic hydroxyl groups is 2. The van der Waals surface area contributed by atoms with Crippen molar-refractivity contribution >= 4 is 0 Å². The smallest absolute Gasteiger partial charge is 0.0826 e. The first kappa shape index (κ1) is 18.9. The van der Waals surface area contributed by atoms with Crippen molar-refractivity contribution in [3.63, 3.8) is 0 Å². The van der Waals surface area contributed by atoms with E-state index in [0.29, 0.717) is 0 Å². The van der Waals surface area contributed by atoms with E-state index in [1.54, 1.807) is 0 Å². The molecule has 0 bridgehead atoms. The molecule has 19 heavy (non-hydrogen) atoms. The lowest BCUT2D eigenvalue weighted by molar-refractivity contribution is -0.0242. The number of unbranched alkanes of at least 4 members (excludes halogenated alkanes) is 7. The lowest BCUT2D eigenvalue weighted by Gasteiger charge is -2.25. The van der Waals surface area contributed by atoms with Gasteiger partial charge in [-0.05, 0) is 12.3 Å². The number of rotatable bonds is 13. The standard InChI is InChI=1S/C17H36O2/c1-4-7-8-9-10-11-12-13-14-16(18)17(19)15(5-2)6-3/h15-19H,4-14H2,1-3H3. The van der Waals surface area contributed by atoms with Gasteiger partial charge in [0.1, 0.15) is 0 Å². The summed E-state index contributed by atoms with van der Waals surface area (Å²) in [5.41, 5.74) is 0. The van der Waals surface area contributed by atoms with Gasteiger partial charge in [-0.15, -0.1) is 0 Å². The molecule has 0 aromatic rings. The van der Waals surface area contributed by atoms with E-state index in [1.165, 1.54) is 44.9 Å². The first-order chi connectivity index (χ1) is 9.17. The number of aliphatic hydroxyl groups excluding tert-OH is 2. The van der Waals surface area contributed by atoms with Crippen LogP contribution >= 0.6 is 0 Å². The molecule has 0 aromatic carbocycles. The van der Waals surface area contributed by atoms with E-state index in [0.717, 1.165) is 25.7 Å². The summed E-state index contributed by atoms with van der Waals surface area (Å²) in [7, 11) is 0.